The Hall–Kier alpha value is -2.40. The molecule has 2 atom stereocenters. The van der Waals surface area contributed by atoms with E-state index in [1.807, 2.05) is 50.4 Å². The van der Waals surface area contributed by atoms with Crippen molar-refractivity contribution in [2.24, 2.45) is 5.92 Å². The van der Waals surface area contributed by atoms with Gasteiger partial charge in [-0.1, -0.05) is 18.2 Å². The minimum Gasteiger partial charge on any atom is -0.493 e. The van der Waals surface area contributed by atoms with Gasteiger partial charge in [-0.2, -0.15) is 0 Å². The summed E-state index contributed by atoms with van der Waals surface area (Å²) in [6.45, 7) is 6.39. The third-order valence-electron chi connectivity index (χ3n) is 4.75. The zero-order chi connectivity index (χ0) is 18.4. The van der Waals surface area contributed by atoms with Gasteiger partial charge in [0.15, 0.2) is 0 Å². The standard InChI is InChI=1S/C21H26N2O3/c1-3-25-20-8-6-5-7-17(20)19-10-9-15(13-23-19)16-11-12-22-14-18(16)21(24)26-4-2/h5-10,13,16,18,22H,3-4,11-12,14H2,1-2H3. The number of ether oxygens (including phenoxy) is 2. The van der Waals surface area contributed by atoms with Gasteiger partial charge in [0.05, 0.1) is 24.8 Å². The highest BCUT2D eigenvalue weighted by Crippen LogP contribution is 2.33. The Kier molecular flexibility index (Phi) is 6.23. The summed E-state index contributed by atoms with van der Waals surface area (Å²) in [5.41, 5.74) is 2.94. The van der Waals surface area contributed by atoms with Crippen LogP contribution in [-0.2, 0) is 9.53 Å². The van der Waals surface area contributed by atoms with E-state index in [0.717, 1.165) is 35.5 Å². The lowest BCUT2D eigenvalue weighted by molar-refractivity contribution is -0.149. The SMILES string of the molecule is CCOC(=O)C1CNCCC1c1ccc(-c2ccccc2OCC)nc1. The number of carbonyl (C=O) groups excluding carboxylic acids is 1. The highest BCUT2D eigenvalue weighted by molar-refractivity contribution is 5.74. The van der Waals surface area contributed by atoms with Crippen molar-refractivity contribution in [1.29, 1.82) is 0 Å². The van der Waals surface area contributed by atoms with Gasteiger partial charge in [0.25, 0.3) is 0 Å². The van der Waals surface area contributed by atoms with E-state index in [1.165, 1.54) is 0 Å². The summed E-state index contributed by atoms with van der Waals surface area (Å²) in [7, 11) is 0. The van der Waals surface area contributed by atoms with Crippen LogP contribution < -0.4 is 10.1 Å². The van der Waals surface area contributed by atoms with Gasteiger partial charge in [-0.3, -0.25) is 9.78 Å². The average molecular weight is 354 g/mol. The van der Waals surface area contributed by atoms with Crippen molar-refractivity contribution in [3.8, 4) is 17.0 Å². The van der Waals surface area contributed by atoms with Crippen molar-refractivity contribution in [1.82, 2.24) is 10.3 Å². The predicted molar refractivity (Wildman–Crippen MR) is 101 cm³/mol. The van der Waals surface area contributed by atoms with Crippen LogP contribution in [-0.4, -0.2) is 37.3 Å². The van der Waals surface area contributed by atoms with Crippen molar-refractivity contribution in [3.05, 3.63) is 48.2 Å². The van der Waals surface area contributed by atoms with Gasteiger partial charge in [0, 0.05) is 24.2 Å². The number of hydrogen-bond acceptors (Lipinski definition) is 5. The molecule has 0 saturated carbocycles. The lowest BCUT2D eigenvalue weighted by atomic mass is 9.81. The summed E-state index contributed by atoms with van der Waals surface area (Å²) in [5, 5.41) is 3.29. The summed E-state index contributed by atoms with van der Waals surface area (Å²) in [6.07, 6.45) is 2.79. The van der Waals surface area contributed by atoms with Crippen LogP contribution in [0.2, 0.25) is 0 Å². The molecule has 1 fully saturated rings. The van der Waals surface area contributed by atoms with Crippen LogP contribution >= 0.6 is 0 Å². The lowest BCUT2D eigenvalue weighted by Gasteiger charge is -2.30. The fraction of sp³-hybridized carbons (Fsp3) is 0.429. The van der Waals surface area contributed by atoms with Crippen LogP contribution in [0.1, 0.15) is 31.7 Å². The molecule has 5 nitrogen and oxygen atoms in total. The van der Waals surface area contributed by atoms with Crippen LogP contribution in [0.5, 0.6) is 5.75 Å². The van der Waals surface area contributed by atoms with Crippen molar-refractivity contribution in [2.75, 3.05) is 26.3 Å². The van der Waals surface area contributed by atoms with Gasteiger partial charge < -0.3 is 14.8 Å². The maximum atomic E-state index is 12.3. The molecule has 0 aliphatic carbocycles. The van der Waals surface area contributed by atoms with Crippen LogP contribution in [0, 0.1) is 5.92 Å². The molecule has 1 aromatic heterocycles. The van der Waals surface area contributed by atoms with E-state index in [2.05, 4.69) is 16.4 Å². The molecule has 5 heteroatoms. The molecule has 2 aromatic rings. The number of aromatic nitrogens is 1. The highest BCUT2D eigenvalue weighted by Gasteiger charge is 2.33. The topological polar surface area (TPSA) is 60.5 Å². The van der Waals surface area contributed by atoms with Gasteiger partial charge in [-0.25, -0.2) is 0 Å². The van der Waals surface area contributed by atoms with E-state index in [4.69, 9.17) is 9.47 Å². The number of nitrogens with one attached hydrogen (secondary N) is 1. The molecule has 138 valence electrons. The fourth-order valence-corrected chi connectivity index (χ4v) is 3.50. The molecule has 0 bridgehead atoms. The van der Waals surface area contributed by atoms with Crippen molar-refractivity contribution in [2.45, 2.75) is 26.2 Å². The molecule has 0 radical (unpaired) electrons. The quantitative estimate of drug-likeness (QED) is 0.806. The van der Waals surface area contributed by atoms with Gasteiger partial charge in [0.1, 0.15) is 5.75 Å². The number of para-hydroxylation sites is 1. The first-order chi connectivity index (χ1) is 12.7. The maximum Gasteiger partial charge on any atom is 0.310 e. The molecule has 1 aliphatic rings. The molecule has 26 heavy (non-hydrogen) atoms. The molecule has 1 N–H and O–H groups in total. The second-order valence-electron chi connectivity index (χ2n) is 6.36. The summed E-state index contributed by atoms with van der Waals surface area (Å²) in [6, 6.07) is 12.0. The number of piperidine rings is 1. The van der Waals surface area contributed by atoms with Crippen LogP contribution in [0.25, 0.3) is 11.3 Å². The molecular formula is C21H26N2O3. The Bertz CT molecular complexity index is 730. The van der Waals surface area contributed by atoms with Crippen LogP contribution in [0.4, 0.5) is 0 Å². The van der Waals surface area contributed by atoms with Gasteiger partial charge in [-0.15, -0.1) is 0 Å². The first kappa shape index (κ1) is 18.4. The van der Waals surface area contributed by atoms with E-state index in [0.29, 0.717) is 19.8 Å². The summed E-state index contributed by atoms with van der Waals surface area (Å²) in [4.78, 5) is 16.9. The van der Waals surface area contributed by atoms with E-state index in [9.17, 15) is 4.79 Å². The highest BCUT2D eigenvalue weighted by atomic mass is 16.5. The fourth-order valence-electron chi connectivity index (χ4n) is 3.50. The first-order valence-corrected chi connectivity index (χ1v) is 9.30. The molecule has 1 aromatic carbocycles. The molecule has 2 unspecified atom stereocenters. The molecule has 3 rings (SSSR count). The summed E-state index contributed by atoms with van der Waals surface area (Å²) < 4.78 is 11.0. The summed E-state index contributed by atoms with van der Waals surface area (Å²) >= 11 is 0. The zero-order valence-corrected chi connectivity index (χ0v) is 15.4. The molecule has 0 spiro atoms. The van der Waals surface area contributed by atoms with E-state index in [1.54, 1.807) is 0 Å². The Labute approximate surface area is 154 Å². The largest absolute Gasteiger partial charge is 0.493 e. The molecule has 0 amide bonds. The molecular weight excluding hydrogens is 328 g/mol. The Balaban J connectivity index is 1.83. The molecule has 2 heterocycles. The number of pyridine rings is 1. The van der Waals surface area contributed by atoms with Crippen LogP contribution in [0.3, 0.4) is 0 Å². The van der Waals surface area contributed by atoms with E-state index in [-0.39, 0.29) is 17.8 Å². The van der Waals surface area contributed by atoms with Gasteiger partial charge in [0.2, 0.25) is 0 Å². The number of nitrogens with zero attached hydrogens (tertiary/aromatic N) is 1. The van der Waals surface area contributed by atoms with E-state index >= 15 is 0 Å². The third-order valence-corrected chi connectivity index (χ3v) is 4.75. The minimum absolute atomic E-state index is 0.129. The zero-order valence-electron chi connectivity index (χ0n) is 15.4. The number of esters is 1. The predicted octanol–water partition coefficient (Wildman–Crippen LogP) is 3.40. The Morgan fingerprint density at radius 3 is 2.77 bits per heavy atom. The summed E-state index contributed by atoms with van der Waals surface area (Å²) in [5.74, 6) is 0.683. The number of rotatable bonds is 6. The van der Waals surface area contributed by atoms with Crippen molar-refractivity contribution >= 4 is 5.97 Å². The average Bonchev–Trinajstić information content (AvgIpc) is 2.69. The van der Waals surface area contributed by atoms with Crippen LogP contribution in [0.15, 0.2) is 42.6 Å². The number of carbonyl (C=O) groups is 1. The molecule has 1 aliphatic heterocycles. The maximum absolute atomic E-state index is 12.3. The second kappa shape index (κ2) is 8.81. The van der Waals surface area contributed by atoms with Gasteiger partial charge >= 0.3 is 5.97 Å². The van der Waals surface area contributed by atoms with E-state index < -0.39 is 0 Å². The smallest absolute Gasteiger partial charge is 0.310 e. The Morgan fingerprint density at radius 2 is 2.04 bits per heavy atom. The minimum atomic E-state index is -0.160. The number of benzene rings is 1. The molecule has 1 saturated heterocycles. The van der Waals surface area contributed by atoms with Gasteiger partial charge in [-0.05, 0) is 50.6 Å². The third kappa shape index (κ3) is 4.05. The number of hydrogen-bond donors (Lipinski definition) is 1. The normalized spacial score (nSPS) is 19.8. The lowest BCUT2D eigenvalue weighted by Crippen LogP contribution is -2.40. The Morgan fingerprint density at radius 1 is 1.19 bits per heavy atom. The first-order valence-electron chi connectivity index (χ1n) is 9.30. The second-order valence-corrected chi connectivity index (χ2v) is 6.36. The monoisotopic (exact) mass is 354 g/mol. The van der Waals surface area contributed by atoms with Crippen molar-refractivity contribution < 1.29 is 14.3 Å². The van der Waals surface area contributed by atoms with Crippen molar-refractivity contribution in [3.63, 3.8) is 0 Å².